The number of benzene rings is 2. The van der Waals surface area contributed by atoms with Crippen LogP contribution in [0.1, 0.15) is 11.3 Å². The molecular weight excluding hydrogens is 429 g/mol. The highest BCUT2D eigenvalue weighted by Gasteiger charge is 2.35. The van der Waals surface area contributed by atoms with E-state index >= 15 is 0 Å². The van der Waals surface area contributed by atoms with E-state index in [1.807, 2.05) is 0 Å². The van der Waals surface area contributed by atoms with Crippen molar-refractivity contribution in [1.29, 1.82) is 0 Å². The quantitative estimate of drug-likeness (QED) is 0.403. The van der Waals surface area contributed by atoms with Gasteiger partial charge in [0.1, 0.15) is 12.0 Å². The molecule has 3 aromatic rings. The Morgan fingerprint density at radius 3 is 2.38 bits per heavy atom. The molecule has 1 amide bonds. The Bertz CT molecular complexity index is 1080. The van der Waals surface area contributed by atoms with E-state index in [2.05, 4.69) is 10.5 Å². The highest BCUT2D eigenvalue weighted by molar-refractivity contribution is 5.68. The van der Waals surface area contributed by atoms with Crippen LogP contribution in [0.25, 0.3) is 16.9 Å². The zero-order chi connectivity index (χ0) is 23.3. The summed E-state index contributed by atoms with van der Waals surface area (Å²) in [5.41, 5.74) is 3.37. The van der Waals surface area contributed by atoms with Crippen molar-refractivity contribution in [3.05, 3.63) is 65.9 Å². The first-order valence-electron chi connectivity index (χ1n) is 9.31. The summed E-state index contributed by atoms with van der Waals surface area (Å²) >= 11 is 0. The number of aromatic nitrogens is 2. The van der Waals surface area contributed by atoms with Crippen LogP contribution in [0.4, 0.5) is 18.0 Å². The average Bonchev–Trinajstić information content (AvgIpc) is 3.23. The third-order valence-electron chi connectivity index (χ3n) is 4.53. The molecule has 1 aromatic heterocycles. The number of halogens is 3. The van der Waals surface area contributed by atoms with Crippen LogP contribution in [-0.4, -0.2) is 45.9 Å². The second-order valence-corrected chi connectivity index (χ2v) is 6.61. The molecule has 8 nitrogen and oxygen atoms in total. The summed E-state index contributed by atoms with van der Waals surface area (Å²) in [7, 11) is 1.49. The lowest BCUT2D eigenvalue weighted by atomic mass is 10.1. The first-order valence-corrected chi connectivity index (χ1v) is 9.31. The van der Waals surface area contributed by atoms with Gasteiger partial charge in [0.2, 0.25) is 0 Å². The molecule has 0 atom stereocenters. The highest BCUT2D eigenvalue weighted by Crippen LogP contribution is 2.33. The number of methoxy groups -OCH3 is 1. The van der Waals surface area contributed by atoms with Gasteiger partial charge in [-0.25, -0.2) is 19.9 Å². The monoisotopic (exact) mass is 448 g/mol. The van der Waals surface area contributed by atoms with Gasteiger partial charge in [-0.05, 0) is 35.9 Å². The Kier molecular flexibility index (Phi) is 6.79. The maximum atomic E-state index is 13.3. The third-order valence-corrected chi connectivity index (χ3v) is 4.53. The number of hydrogen-bond acceptors (Lipinski definition) is 5. The van der Waals surface area contributed by atoms with Crippen molar-refractivity contribution >= 4 is 12.4 Å². The third kappa shape index (κ3) is 5.24. The van der Waals surface area contributed by atoms with Crippen molar-refractivity contribution < 1.29 is 32.6 Å². The molecule has 0 spiro atoms. The zero-order valence-corrected chi connectivity index (χ0v) is 16.8. The second kappa shape index (κ2) is 9.52. The van der Waals surface area contributed by atoms with Gasteiger partial charge in [0, 0.05) is 12.1 Å². The Morgan fingerprint density at radius 2 is 1.84 bits per heavy atom. The summed E-state index contributed by atoms with van der Waals surface area (Å²) in [6.45, 7) is -0.235. The number of carbonyl (C=O) groups excluding carboxylic acids is 1. The van der Waals surface area contributed by atoms with E-state index in [0.717, 1.165) is 11.1 Å². The summed E-state index contributed by atoms with van der Waals surface area (Å²) in [6.07, 6.45) is -5.48. The minimum atomic E-state index is -4.62. The minimum Gasteiger partial charge on any atom is -0.497 e. The maximum absolute atomic E-state index is 13.3. The number of ether oxygens (including phenoxy) is 1. The number of carbonyl (C=O) groups is 2. The summed E-state index contributed by atoms with van der Waals surface area (Å²) in [6, 6.07) is 13.9. The molecule has 2 N–H and O–H groups in total. The summed E-state index contributed by atoms with van der Waals surface area (Å²) in [5.74, 6) is 0.556. The summed E-state index contributed by atoms with van der Waals surface area (Å²) in [5, 5.41) is 13.5. The van der Waals surface area contributed by atoms with E-state index in [1.54, 1.807) is 48.5 Å². The molecule has 32 heavy (non-hydrogen) atoms. The zero-order valence-electron chi connectivity index (χ0n) is 16.8. The predicted molar refractivity (Wildman–Crippen MR) is 108 cm³/mol. The lowest BCUT2D eigenvalue weighted by molar-refractivity contribution is -0.141. The first kappa shape index (κ1) is 22.8. The predicted octanol–water partition coefficient (Wildman–Crippen LogP) is 3.75. The molecule has 0 fully saturated rings. The Balaban J connectivity index is 1.90. The fourth-order valence-electron chi connectivity index (χ4n) is 2.91. The van der Waals surface area contributed by atoms with Crippen LogP contribution in [0.5, 0.6) is 5.75 Å². The van der Waals surface area contributed by atoms with Crippen LogP contribution in [0.2, 0.25) is 0 Å². The smallest absolute Gasteiger partial charge is 0.435 e. The lowest BCUT2D eigenvalue weighted by Gasteiger charge is -2.17. The Hall–Kier alpha value is -3.86. The molecule has 0 saturated carbocycles. The van der Waals surface area contributed by atoms with Gasteiger partial charge in [0.05, 0.1) is 25.0 Å². The van der Waals surface area contributed by atoms with Crippen molar-refractivity contribution in [2.24, 2.45) is 0 Å². The second-order valence-electron chi connectivity index (χ2n) is 6.61. The molecule has 11 heteroatoms. The molecule has 0 bridgehead atoms. The van der Waals surface area contributed by atoms with Crippen molar-refractivity contribution in [3.63, 3.8) is 0 Å². The standard InChI is InChI=1S/C21H19F3N4O4/c1-32-17-8-6-16(7-9-17)28-18(12-19(26-28)21(22,23)24)15-4-2-14(3-5-15)13-25-27(10-11-29)20(30)31/h2-9,11-12,25H,10,13H2,1H3,(H,30,31). The Morgan fingerprint density at radius 1 is 1.19 bits per heavy atom. The fourth-order valence-corrected chi connectivity index (χ4v) is 2.91. The van der Waals surface area contributed by atoms with Crippen LogP contribution in [0.3, 0.4) is 0 Å². The molecule has 0 aliphatic heterocycles. The van der Waals surface area contributed by atoms with E-state index in [0.29, 0.717) is 28.8 Å². The maximum Gasteiger partial charge on any atom is 0.435 e. The summed E-state index contributed by atoms with van der Waals surface area (Å²) in [4.78, 5) is 21.6. The Labute approximate surface area is 180 Å². The van der Waals surface area contributed by atoms with E-state index in [1.165, 1.54) is 11.8 Å². The number of hydrazine groups is 1. The van der Waals surface area contributed by atoms with Crippen LogP contribution in [-0.2, 0) is 17.5 Å². The van der Waals surface area contributed by atoms with Gasteiger partial charge in [-0.2, -0.15) is 18.3 Å². The van der Waals surface area contributed by atoms with Gasteiger partial charge in [0.25, 0.3) is 0 Å². The van der Waals surface area contributed by atoms with E-state index in [9.17, 15) is 22.8 Å². The number of carboxylic acid groups (broad SMARTS) is 1. The number of hydrogen-bond donors (Lipinski definition) is 2. The SMILES string of the molecule is COc1ccc(-n2nc(C(F)(F)F)cc2-c2ccc(CNN(CC=O)C(=O)O)cc2)cc1. The van der Waals surface area contributed by atoms with Crippen molar-refractivity contribution in [2.45, 2.75) is 12.7 Å². The lowest BCUT2D eigenvalue weighted by Crippen LogP contribution is -2.42. The van der Waals surface area contributed by atoms with Gasteiger partial charge in [-0.3, -0.25) is 0 Å². The van der Waals surface area contributed by atoms with Gasteiger partial charge >= 0.3 is 12.3 Å². The van der Waals surface area contributed by atoms with Gasteiger partial charge in [-0.1, -0.05) is 24.3 Å². The van der Waals surface area contributed by atoms with Crippen LogP contribution >= 0.6 is 0 Å². The van der Waals surface area contributed by atoms with Gasteiger partial charge < -0.3 is 14.6 Å². The number of nitrogens with zero attached hydrogens (tertiary/aromatic N) is 3. The van der Waals surface area contributed by atoms with Crippen molar-refractivity contribution in [2.75, 3.05) is 13.7 Å². The molecule has 0 aliphatic rings. The van der Waals surface area contributed by atoms with E-state index in [-0.39, 0.29) is 18.8 Å². The number of nitrogens with one attached hydrogen (secondary N) is 1. The molecule has 0 aliphatic carbocycles. The summed E-state index contributed by atoms with van der Waals surface area (Å²) < 4.78 is 46.2. The number of alkyl halides is 3. The molecule has 1 heterocycles. The first-order chi connectivity index (χ1) is 15.2. The molecule has 0 saturated heterocycles. The van der Waals surface area contributed by atoms with E-state index < -0.39 is 18.0 Å². The van der Waals surface area contributed by atoms with Gasteiger partial charge in [-0.15, -0.1) is 0 Å². The van der Waals surface area contributed by atoms with Crippen molar-refractivity contribution in [1.82, 2.24) is 20.2 Å². The molecule has 0 unspecified atom stereocenters. The molecular formula is C21H19F3N4O4. The molecule has 3 rings (SSSR count). The van der Waals surface area contributed by atoms with Crippen molar-refractivity contribution in [3.8, 4) is 22.7 Å². The van der Waals surface area contributed by atoms with Crippen LogP contribution in [0, 0.1) is 0 Å². The minimum absolute atomic E-state index is 0.103. The number of rotatable bonds is 8. The fraction of sp³-hybridized carbons (Fsp3) is 0.190. The average molecular weight is 448 g/mol. The number of amides is 1. The normalized spacial score (nSPS) is 11.2. The molecule has 2 aromatic carbocycles. The van der Waals surface area contributed by atoms with Crippen LogP contribution in [0.15, 0.2) is 54.6 Å². The van der Waals surface area contributed by atoms with E-state index in [4.69, 9.17) is 9.84 Å². The largest absolute Gasteiger partial charge is 0.497 e. The number of aldehydes is 1. The highest BCUT2D eigenvalue weighted by atomic mass is 19.4. The topological polar surface area (TPSA) is 96.7 Å². The molecule has 168 valence electrons. The molecule has 0 radical (unpaired) electrons. The van der Waals surface area contributed by atoms with Crippen LogP contribution < -0.4 is 10.2 Å². The van der Waals surface area contributed by atoms with Gasteiger partial charge in [0.15, 0.2) is 5.69 Å².